The molecule has 2 fully saturated rings. The van der Waals surface area contributed by atoms with Crippen molar-refractivity contribution in [3.05, 3.63) is 0 Å². The van der Waals surface area contributed by atoms with Gasteiger partial charge in [-0.1, -0.05) is 32.6 Å². The third kappa shape index (κ3) is 4.95. The zero-order valence-corrected chi connectivity index (χ0v) is 15.8. The van der Waals surface area contributed by atoms with E-state index in [1.165, 1.54) is 25.7 Å². The summed E-state index contributed by atoms with van der Waals surface area (Å²) in [6.07, 6.45) is 9.88. The molecule has 1 aliphatic heterocycles. The quantitative estimate of drug-likeness (QED) is 0.598. The number of nitrogens with zero attached hydrogens (tertiary/aromatic N) is 2. The molecule has 0 aromatic heterocycles. The SMILES string of the molecule is CN(C)C(=O)[C@H]1CCCN1CCCNC(=O)C1(C)CCCCCC1. The Morgan fingerprint density at radius 2 is 1.79 bits per heavy atom. The molecule has 1 aliphatic carbocycles. The first-order chi connectivity index (χ1) is 11.4. The fourth-order valence-corrected chi connectivity index (χ4v) is 4.10. The molecule has 1 N–H and O–H groups in total. The maximum atomic E-state index is 12.5. The van der Waals surface area contributed by atoms with Gasteiger partial charge in [0.15, 0.2) is 0 Å². The van der Waals surface area contributed by atoms with Crippen molar-refractivity contribution in [2.24, 2.45) is 5.41 Å². The van der Waals surface area contributed by atoms with Crippen LogP contribution < -0.4 is 5.32 Å². The molecule has 24 heavy (non-hydrogen) atoms. The Morgan fingerprint density at radius 1 is 1.12 bits per heavy atom. The van der Waals surface area contributed by atoms with Gasteiger partial charge in [0.2, 0.25) is 11.8 Å². The zero-order valence-electron chi connectivity index (χ0n) is 15.8. The van der Waals surface area contributed by atoms with E-state index in [9.17, 15) is 9.59 Å². The molecule has 0 aromatic carbocycles. The van der Waals surface area contributed by atoms with E-state index in [2.05, 4.69) is 17.1 Å². The molecule has 5 heteroatoms. The van der Waals surface area contributed by atoms with Gasteiger partial charge in [-0.3, -0.25) is 14.5 Å². The van der Waals surface area contributed by atoms with E-state index in [4.69, 9.17) is 0 Å². The highest BCUT2D eigenvalue weighted by Crippen LogP contribution is 2.34. The molecular weight excluding hydrogens is 302 g/mol. The van der Waals surface area contributed by atoms with Gasteiger partial charge in [0.25, 0.3) is 0 Å². The topological polar surface area (TPSA) is 52.7 Å². The first-order valence-corrected chi connectivity index (χ1v) is 9.67. The molecule has 0 aromatic rings. The number of likely N-dealkylation sites (N-methyl/N-ethyl adjacent to an activating group) is 1. The van der Waals surface area contributed by atoms with Crippen LogP contribution in [-0.4, -0.2) is 61.4 Å². The normalized spacial score (nSPS) is 24.4. The second-order valence-corrected chi connectivity index (χ2v) is 8.01. The van der Waals surface area contributed by atoms with Crippen LogP contribution in [0.15, 0.2) is 0 Å². The summed E-state index contributed by atoms with van der Waals surface area (Å²) < 4.78 is 0. The molecule has 2 amide bonds. The highest BCUT2D eigenvalue weighted by molar-refractivity contribution is 5.82. The van der Waals surface area contributed by atoms with Crippen LogP contribution in [0.3, 0.4) is 0 Å². The predicted molar refractivity (Wildman–Crippen MR) is 96.7 cm³/mol. The Balaban J connectivity index is 1.72. The molecule has 1 saturated heterocycles. The van der Waals surface area contributed by atoms with Crippen LogP contribution in [0.4, 0.5) is 0 Å². The first kappa shape index (κ1) is 19.2. The molecular formula is C19H35N3O2. The van der Waals surface area contributed by atoms with E-state index in [0.29, 0.717) is 6.54 Å². The Labute approximate surface area is 147 Å². The van der Waals surface area contributed by atoms with Crippen LogP contribution in [0.2, 0.25) is 0 Å². The van der Waals surface area contributed by atoms with Gasteiger partial charge in [0.05, 0.1) is 6.04 Å². The lowest BCUT2D eigenvalue weighted by Gasteiger charge is -2.28. The predicted octanol–water partition coefficient (Wildman–Crippen LogP) is 2.41. The van der Waals surface area contributed by atoms with Gasteiger partial charge < -0.3 is 10.2 Å². The first-order valence-electron chi connectivity index (χ1n) is 9.67. The second-order valence-electron chi connectivity index (χ2n) is 8.01. The van der Waals surface area contributed by atoms with Crippen molar-refractivity contribution in [1.29, 1.82) is 0 Å². The van der Waals surface area contributed by atoms with Crippen molar-refractivity contribution in [3.63, 3.8) is 0 Å². The molecule has 2 aliphatic rings. The average molecular weight is 338 g/mol. The van der Waals surface area contributed by atoms with Crippen LogP contribution >= 0.6 is 0 Å². The maximum absolute atomic E-state index is 12.5. The van der Waals surface area contributed by atoms with Gasteiger partial charge in [-0.25, -0.2) is 0 Å². The van der Waals surface area contributed by atoms with Crippen molar-refractivity contribution in [2.45, 2.75) is 70.8 Å². The van der Waals surface area contributed by atoms with E-state index in [0.717, 1.165) is 45.2 Å². The lowest BCUT2D eigenvalue weighted by Crippen LogP contribution is -2.44. The summed E-state index contributed by atoms with van der Waals surface area (Å²) in [5.74, 6) is 0.439. The van der Waals surface area contributed by atoms with E-state index in [1.807, 2.05) is 14.1 Å². The smallest absolute Gasteiger partial charge is 0.239 e. The molecule has 0 bridgehead atoms. The molecule has 0 radical (unpaired) electrons. The van der Waals surface area contributed by atoms with Crippen LogP contribution in [-0.2, 0) is 9.59 Å². The number of hydrogen-bond donors (Lipinski definition) is 1. The van der Waals surface area contributed by atoms with E-state index in [-0.39, 0.29) is 23.3 Å². The van der Waals surface area contributed by atoms with Crippen molar-refractivity contribution in [3.8, 4) is 0 Å². The Kier molecular flexibility index (Phi) is 7.08. The van der Waals surface area contributed by atoms with Crippen molar-refractivity contribution in [1.82, 2.24) is 15.1 Å². The lowest BCUT2D eigenvalue weighted by atomic mass is 9.81. The average Bonchev–Trinajstić information content (AvgIpc) is 2.90. The fraction of sp³-hybridized carbons (Fsp3) is 0.895. The highest BCUT2D eigenvalue weighted by atomic mass is 16.2. The largest absolute Gasteiger partial charge is 0.356 e. The number of rotatable bonds is 6. The molecule has 1 heterocycles. The monoisotopic (exact) mass is 337 g/mol. The minimum absolute atomic E-state index is 0.0371. The highest BCUT2D eigenvalue weighted by Gasteiger charge is 2.34. The van der Waals surface area contributed by atoms with Gasteiger partial charge in [-0.05, 0) is 38.6 Å². The standard InChI is InChI=1S/C19H35N3O2/c1-19(11-6-4-5-7-12-19)18(24)20-13-9-15-22-14-8-10-16(22)17(23)21(2)3/h16H,4-15H2,1-3H3,(H,20,24)/t16-/m1/s1. The van der Waals surface area contributed by atoms with Gasteiger partial charge in [0, 0.05) is 32.6 Å². The van der Waals surface area contributed by atoms with Crippen LogP contribution in [0.1, 0.15) is 64.7 Å². The summed E-state index contributed by atoms with van der Waals surface area (Å²) in [6, 6.07) is 0.0371. The van der Waals surface area contributed by atoms with E-state index < -0.39 is 0 Å². The molecule has 5 nitrogen and oxygen atoms in total. The Morgan fingerprint density at radius 3 is 2.42 bits per heavy atom. The zero-order chi connectivity index (χ0) is 17.6. The third-order valence-corrected chi connectivity index (χ3v) is 5.75. The minimum atomic E-state index is -0.173. The Bertz CT molecular complexity index is 428. The number of carbonyl (C=O) groups is 2. The summed E-state index contributed by atoms with van der Waals surface area (Å²) in [5.41, 5.74) is -0.173. The number of nitrogens with one attached hydrogen (secondary N) is 1. The maximum Gasteiger partial charge on any atom is 0.239 e. The summed E-state index contributed by atoms with van der Waals surface area (Å²) in [4.78, 5) is 28.7. The number of hydrogen-bond acceptors (Lipinski definition) is 3. The summed E-state index contributed by atoms with van der Waals surface area (Å²) in [7, 11) is 3.65. The summed E-state index contributed by atoms with van der Waals surface area (Å²) in [5, 5.41) is 3.15. The molecule has 0 unspecified atom stereocenters. The van der Waals surface area contributed by atoms with Gasteiger partial charge >= 0.3 is 0 Å². The van der Waals surface area contributed by atoms with Crippen molar-refractivity contribution >= 4 is 11.8 Å². The van der Waals surface area contributed by atoms with E-state index >= 15 is 0 Å². The molecule has 2 rings (SSSR count). The number of likely N-dealkylation sites (tertiary alicyclic amines) is 1. The Hall–Kier alpha value is -1.10. The van der Waals surface area contributed by atoms with Gasteiger partial charge in [0.1, 0.15) is 0 Å². The van der Waals surface area contributed by atoms with Crippen LogP contribution in [0.5, 0.6) is 0 Å². The molecule has 1 atom stereocenters. The van der Waals surface area contributed by atoms with Crippen molar-refractivity contribution < 1.29 is 9.59 Å². The number of carbonyl (C=O) groups excluding carboxylic acids is 2. The summed E-state index contributed by atoms with van der Waals surface area (Å²) >= 11 is 0. The summed E-state index contributed by atoms with van der Waals surface area (Å²) in [6.45, 7) is 4.73. The molecule has 138 valence electrons. The van der Waals surface area contributed by atoms with Crippen LogP contribution in [0, 0.1) is 5.41 Å². The molecule has 0 spiro atoms. The van der Waals surface area contributed by atoms with Gasteiger partial charge in [-0.2, -0.15) is 0 Å². The number of amides is 2. The van der Waals surface area contributed by atoms with Crippen molar-refractivity contribution in [2.75, 3.05) is 33.7 Å². The lowest BCUT2D eigenvalue weighted by molar-refractivity contribution is -0.133. The molecule has 1 saturated carbocycles. The van der Waals surface area contributed by atoms with Crippen LogP contribution in [0.25, 0.3) is 0 Å². The van der Waals surface area contributed by atoms with Gasteiger partial charge in [-0.15, -0.1) is 0 Å². The van der Waals surface area contributed by atoms with E-state index in [1.54, 1.807) is 4.90 Å². The third-order valence-electron chi connectivity index (χ3n) is 5.75. The fourth-order valence-electron chi connectivity index (χ4n) is 4.10. The second kappa shape index (κ2) is 8.84. The minimum Gasteiger partial charge on any atom is -0.356 e.